The molecule has 0 aliphatic rings. The van der Waals surface area contributed by atoms with Gasteiger partial charge in [0, 0.05) is 23.9 Å². The number of nitro benzene ring substituents is 1. The second-order valence-electron chi connectivity index (χ2n) is 4.17. The minimum atomic E-state index is -0.866. The lowest BCUT2D eigenvalue weighted by Gasteiger charge is -2.08. The molecule has 106 valence electrons. The summed E-state index contributed by atoms with van der Waals surface area (Å²) in [5, 5.41) is 22.6. The van der Waals surface area contributed by atoms with Crippen LogP contribution in [0.1, 0.15) is 11.1 Å². The van der Waals surface area contributed by atoms with Gasteiger partial charge < -0.3 is 5.32 Å². The maximum Gasteiger partial charge on any atom is 0.305 e. The zero-order valence-electron chi connectivity index (χ0n) is 10.6. The molecular formula is C14H9ClFN3O2. The third-order valence-electron chi connectivity index (χ3n) is 2.83. The quantitative estimate of drug-likeness (QED) is 0.687. The largest absolute Gasteiger partial charge is 0.381 e. The summed E-state index contributed by atoms with van der Waals surface area (Å²) in [6, 6.07) is 10.6. The normalized spacial score (nSPS) is 9.95. The van der Waals surface area contributed by atoms with E-state index in [9.17, 15) is 14.5 Å². The maximum atomic E-state index is 13.9. The molecule has 0 radical (unpaired) electrons. The van der Waals surface area contributed by atoms with Crippen molar-refractivity contribution in [2.24, 2.45) is 0 Å². The van der Waals surface area contributed by atoms with Gasteiger partial charge in [-0.1, -0.05) is 23.7 Å². The van der Waals surface area contributed by atoms with Crippen molar-refractivity contribution in [1.29, 1.82) is 5.26 Å². The molecule has 21 heavy (non-hydrogen) atoms. The average molecular weight is 306 g/mol. The minimum absolute atomic E-state index is 0.0652. The van der Waals surface area contributed by atoms with Crippen LogP contribution in [-0.4, -0.2) is 4.92 Å². The van der Waals surface area contributed by atoms with E-state index in [-0.39, 0.29) is 17.1 Å². The van der Waals surface area contributed by atoms with Gasteiger partial charge in [-0.15, -0.1) is 0 Å². The van der Waals surface area contributed by atoms with E-state index in [4.69, 9.17) is 16.9 Å². The fraction of sp³-hybridized carbons (Fsp3) is 0.0714. The number of nitrogens with one attached hydrogen (secondary N) is 1. The third kappa shape index (κ3) is 3.27. The van der Waals surface area contributed by atoms with Gasteiger partial charge in [0.15, 0.2) is 0 Å². The SMILES string of the molecule is N#Cc1ccc(NCc2cccc([N+](=O)[O-])c2F)cc1Cl. The van der Waals surface area contributed by atoms with Crippen molar-refractivity contribution in [3.05, 3.63) is 68.5 Å². The van der Waals surface area contributed by atoms with Gasteiger partial charge in [-0.2, -0.15) is 9.65 Å². The first-order valence-corrected chi connectivity index (χ1v) is 6.26. The summed E-state index contributed by atoms with van der Waals surface area (Å²) in [4.78, 5) is 9.89. The molecule has 2 aromatic carbocycles. The molecule has 0 aliphatic carbocycles. The Balaban J connectivity index is 2.17. The number of hydrogen-bond donors (Lipinski definition) is 1. The zero-order chi connectivity index (χ0) is 15.4. The molecule has 0 amide bonds. The third-order valence-corrected chi connectivity index (χ3v) is 3.14. The van der Waals surface area contributed by atoms with Gasteiger partial charge in [-0.05, 0) is 18.2 Å². The van der Waals surface area contributed by atoms with Crippen molar-refractivity contribution in [3.8, 4) is 6.07 Å². The molecule has 0 unspecified atom stereocenters. The molecule has 7 heteroatoms. The van der Waals surface area contributed by atoms with Crippen LogP contribution in [0.5, 0.6) is 0 Å². The first kappa shape index (κ1) is 14.8. The van der Waals surface area contributed by atoms with Crippen LogP contribution < -0.4 is 5.32 Å². The molecule has 5 nitrogen and oxygen atoms in total. The van der Waals surface area contributed by atoms with Crippen LogP contribution in [-0.2, 0) is 6.54 Å². The number of rotatable bonds is 4. The Morgan fingerprint density at radius 1 is 1.38 bits per heavy atom. The first-order chi connectivity index (χ1) is 10.0. The Kier molecular flexibility index (Phi) is 4.36. The lowest BCUT2D eigenvalue weighted by atomic mass is 10.1. The zero-order valence-corrected chi connectivity index (χ0v) is 11.4. The number of hydrogen-bond acceptors (Lipinski definition) is 4. The molecule has 2 rings (SSSR count). The summed E-state index contributed by atoms with van der Waals surface area (Å²) >= 11 is 5.88. The second-order valence-corrected chi connectivity index (χ2v) is 4.57. The van der Waals surface area contributed by atoms with Crippen LogP contribution in [0.3, 0.4) is 0 Å². The van der Waals surface area contributed by atoms with Gasteiger partial charge in [0.1, 0.15) is 6.07 Å². The first-order valence-electron chi connectivity index (χ1n) is 5.88. The van der Waals surface area contributed by atoms with E-state index in [1.54, 1.807) is 6.07 Å². The molecule has 0 bridgehead atoms. The van der Waals surface area contributed by atoms with E-state index in [2.05, 4.69) is 5.32 Å². The fourth-order valence-corrected chi connectivity index (χ4v) is 1.98. The van der Waals surface area contributed by atoms with Crippen molar-refractivity contribution in [1.82, 2.24) is 0 Å². The monoisotopic (exact) mass is 305 g/mol. The number of anilines is 1. The number of nitro groups is 1. The summed E-state index contributed by atoms with van der Waals surface area (Å²) in [6.45, 7) is 0.0652. The summed E-state index contributed by atoms with van der Waals surface area (Å²) < 4.78 is 13.9. The molecule has 0 aliphatic heterocycles. The van der Waals surface area contributed by atoms with Gasteiger partial charge in [0.25, 0.3) is 0 Å². The van der Waals surface area contributed by atoms with Crippen LogP contribution in [0.4, 0.5) is 15.8 Å². The molecule has 0 fully saturated rings. The maximum absolute atomic E-state index is 13.9. The second kappa shape index (κ2) is 6.20. The highest BCUT2D eigenvalue weighted by Crippen LogP contribution is 2.23. The molecule has 0 saturated carbocycles. The van der Waals surface area contributed by atoms with Crippen molar-refractivity contribution >= 4 is 23.0 Å². The smallest absolute Gasteiger partial charge is 0.305 e. The van der Waals surface area contributed by atoms with Crippen molar-refractivity contribution in [3.63, 3.8) is 0 Å². The molecule has 2 aromatic rings. The number of benzene rings is 2. The Morgan fingerprint density at radius 3 is 2.76 bits per heavy atom. The lowest BCUT2D eigenvalue weighted by molar-refractivity contribution is -0.387. The highest BCUT2D eigenvalue weighted by atomic mass is 35.5. The van der Waals surface area contributed by atoms with Crippen molar-refractivity contribution in [2.75, 3.05) is 5.32 Å². The lowest BCUT2D eigenvalue weighted by Crippen LogP contribution is -2.04. The predicted octanol–water partition coefficient (Wildman–Crippen LogP) is 3.87. The fourth-order valence-electron chi connectivity index (χ4n) is 1.76. The highest BCUT2D eigenvalue weighted by Gasteiger charge is 2.16. The van der Waals surface area contributed by atoms with Crippen LogP contribution in [0.2, 0.25) is 5.02 Å². The van der Waals surface area contributed by atoms with Crippen molar-refractivity contribution in [2.45, 2.75) is 6.54 Å². The molecule has 0 saturated heterocycles. The molecule has 0 spiro atoms. The van der Waals surface area contributed by atoms with Gasteiger partial charge in [0.05, 0.1) is 15.5 Å². The molecular weight excluding hydrogens is 297 g/mol. The Morgan fingerprint density at radius 2 is 2.14 bits per heavy atom. The minimum Gasteiger partial charge on any atom is -0.381 e. The topological polar surface area (TPSA) is 79.0 Å². The highest BCUT2D eigenvalue weighted by molar-refractivity contribution is 6.32. The number of halogens is 2. The Labute approximate surface area is 124 Å². The van der Waals surface area contributed by atoms with Crippen LogP contribution in [0, 0.1) is 27.3 Å². The average Bonchev–Trinajstić information content (AvgIpc) is 2.46. The van der Waals surface area contributed by atoms with Gasteiger partial charge in [-0.3, -0.25) is 10.1 Å². The van der Waals surface area contributed by atoms with Crippen molar-refractivity contribution < 1.29 is 9.31 Å². The van der Waals surface area contributed by atoms with Gasteiger partial charge in [-0.25, -0.2) is 0 Å². The van der Waals surface area contributed by atoms with E-state index < -0.39 is 16.4 Å². The van der Waals surface area contributed by atoms with Gasteiger partial charge >= 0.3 is 5.69 Å². The molecule has 0 heterocycles. The van der Waals surface area contributed by atoms with Gasteiger partial charge in [0.2, 0.25) is 5.82 Å². The Bertz CT molecular complexity index is 743. The number of nitriles is 1. The summed E-state index contributed by atoms with van der Waals surface area (Å²) in [7, 11) is 0. The van der Waals surface area contributed by atoms with Crippen LogP contribution in [0.15, 0.2) is 36.4 Å². The molecule has 0 atom stereocenters. The summed E-state index contributed by atoms with van der Waals surface area (Å²) in [5.41, 5.74) is 0.533. The standard InChI is InChI=1S/C14H9ClFN3O2/c15-12-6-11(5-4-9(12)7-17)18-8-10-2-1-3-13(14(10)16)19(20)21/h1-6,18H,8H2. The number of nitrogens with zero attached hydrogens (tertiary/aromatic N) is 2. The Hall–Kier alpha value is -2.65. The molecule has 0 aromatic heterocycles. The van der Waals surface area contributed by atoms with Crippen LogP contribution >= 0.6 is 11.6 Å². The molecule has 1 N–H and O–H groups in total. The van der Waals surface area contributed by atoms with E-state index in [1.807, 2.05) is 6.07 Å². The van der Waals surface area contributed by atoms with E-state index >= 15 is 0 Å². The summed E-state index contributed by atoms with van der Waals surface area (Å²) in [6.07, 6.45) is 0. The van der Waals surface area contributed by atoms with E-state index in [1.165, 1.54) is 24.3 Å². The van der Waals surface area contributed by atoms with E-state index in [0.29, 0.717) is 11.3 Å². The predicted molar refractivity (Wildman–Crippen MR) is 76.5 cm³/mol. The van der Waals surface area contributed by atoms with E-state index in [0.717, 1.165) is 6.07 Å². The summed E-state index contributed by atoms with van der Waals surface area (Å²) in [5.74, 6) is -0.866. The van der Waals surface area contributed by atoms with Crippen LogP contribution in [0.25, 0.3) is 0 Å².